The molecule has 1 aromatic heterocycles. The Kier molecular flexibility index (Phi) is 6.01. The number of rotatable bonds is 7. The Bertz CT molecular complexity index is 428. The van der Waals surface area contributed by atoms with E-state index in [0.29, 0.717) is 24.3 Å². The molecule has 1 aliphatic carbocycles. The highest BCUT2D eigenvalue weighted by molar-refractivity contribution is 7.12. The van der Waals surface area contributed by atoms with E-state index in [0.717, 1.165) is 12.8 Å². The van der Waals surface area contributed by atoms with Crippen LogP contribution in [0.25, 0.3) is 0 Å². The van der Waals surface area contributed by atoms with Crippen molar-refractivity contribution >= 4 is 23.2 Å². The molecule has 1 saturated carbocycles. The quantitative estimate of drug-likeness (QED) is 0.599. The Hall–Kier alpha value is -1.40. The molecule has 2 rings (SSSR count). The first-order chi connectivity index (χ1) is 9.75. The van der Waals surface area contributed by atoms with Gasteiger partial charge in [-0.25, -0.2) is 5.48 Å². The lowest BCUT2D eigenvalue weighted by Gasteiger charge is -2.11. The van der Waals surface area contributed by atoms with Gasteiger partial charge in [0.05, 0.1) is 11.0 Å². The van der Waals surface area contributed by atoms with Crippen molar-refractivity contribution in [2.24, 2.45) is 0 Å². The van der Waals surface area contributed by atoms with E-state index in [1.54, 1.807) is 6.07 Å². The number of nitrogens with one attached hydrogen (secondary N) is 2. The van der Waals surface area contributed by atoms with Crippen LogP contribution < -0.4 is 10.8 Å². The van der Waals surface area contributed by atoms with Crippen molar-refractivity contribution in [3.05, 3.63) is 22.4 Å². The minimum atomic E-state index is -0.123. The zero-order chi connectivity index (χ0) is 14.2. The number of carbonyl (C=O) groups excluding carboxylic acids is 2. The maximum Gasteiger partial charge on any atom is 0.261 e. The first kappa shape index (κ1) is 15.0. The summed E-state index contributed by atoms with van der Waals surface area (Å²) in [5.41, 5.74) is 2.49. The van der Waals surface area contributed by atoms with Crippen molar-refractivity contribution in [2.45, 2.75) is 44.6 Å². The minimum Gasteiger partial charge on any atom is -0.351 e. The van der Waals surface area contributed by atoms with Crippen LogP contribution in [0, 0.1) is 0 Å². The van der Waals surface area contributed by atoms with Crippen LogP contribution in [-0.2, 0) is 9.63 Å². The van der Waals surface area contributed by atoms with E-state index < -0.39 is 0 Å². The van der Waals surface area contributed by atoms with Crippen LogP contribution in [0.15, 0.2) is 17.5 Å². The first-order valence-electron chi connectivity index (χ1n) is 7.02. The number of carbonyl (C=O) groups is 2. The molecule has 2 N–H and O–H groups in total. The Morgan fingerprint density at radius 2 is 2.15 bits per heavy atom. The van der Waals surface area contributed by atoms with Crippen LogP contribution in [0.5, 0.6) is 0 Å². The third-order valence-corrected chi connectivity index (χ3v) is 4.12. The molecule has 2 amide bonds. The van der Waals surface area contributed by atoms with Crippen molar-refractivity contribution in [1.29, 1.82) is 0 Å². The molecular weight excluding hydrogens is 276 g/mol. The zero-order valence-electron chi connectivity index (χ0n) is 11.4. The number of hydroxylamine groups is 1. The van der Waals surface area contributed by atoms with Crippen molar-refractivity contribution in [1.82, 2.24) is 10.8 Å². The molecule has 1 fully saturated rings. The SMILES string of the molecule is O=C(CCCNC(=O)c1cccs1)NOC1CCCC1. The molecule has 6 heteroatoms. The molecule has 1 aliphatic rings. The maximum atomic E-state index is 11.6. The summed E-state index contributed by atoms with van der Waals surface area (Å²) >= 11 is 1.41. The zero-order valence-corrected chi connectivity index (χ0v) is 12.2. The Morgan fingerprint density at radius 3 is 2.85 bits per heavy atom. The summed E-state index contributed by atoms with van der Waals surface area (Å²) < 4.78 is 0. The fourth-order valence-corrected chi connectivity index (χ4v) is 2.79. The highest BCUT2D eigenvalue weighted by Crippen LogP contribution is 2.19. The van der Waals surface area contributed by atoms with Gasteiger partial charge in [-0.15, -0.1) is 11.3 Å². The Morgan fingerprint density at radius 1 is 1.35 bits per heavy atom. The smallest absolute Gasteiger partial charge is 0.261 e. The topological polar surface area (TPSA) is 67.4 Å². The molecule has 0 bridgehead atoms. The van der Waals surface area contributed by atoms with E-state index in [-0.39, 0.29) is 17.9 Å². The highest BCUT2D eigenvalue weighted by atomic mass is 32.1. The molecule has 0 aromatic carbocycles. The molecule has 20 heavy (non-hydrogen) atoms. The number of hydrogen-bond acceptors (Lipinski definition) is 4. The number of thiophene rings is 1. The Balaban J connectivity index is 1.52. The summed E-state index contributed by atoms with van der Waals surface area (Å²) in [6.07, 6.45) is 5.55. The molecule has 5 nitrogen and oxygen atoms in total. The van der Waals surface area contributed by atoms with Gasteiger partial charge in [-0.1, -0.05) is 18.9 Å². The summed E-state index contributed by atoms with van der Waals surface area (Å²) in [5.74, 6) is -0.204. The van der Waals surface area contributed by atoms with Crippen molar-refractivity contribution < 1.29 is 14.4 Å². The van der Waals surface area contributed by atoms with E-state index in [4.69, 9.17) is 4.84 Å². The second kappa shape index (κ2) is 8.01. The Labute approximate surface area is 122 Å². The fraction of sp³-hybridized carbons (Fsp3) is 0.571. The lowest BCUT2D eigenvalue weighted by molar-refractivity contribution is -0.138. The number of hydrogen-bond donors (Lipinski definition) is 2. The monoisotopic (exact) mass is 296 g/mol. The fourth-order valence-electron chi connectivity index (χ4n) is 2.15. The normalized spacial score (nSPS) is 15.2. The molecule has 0 atom stereocenters. The third kappa shape index (κ3) is 4.94. The third-order valence-electron chi connectivity index (χ3n) is 3.25. The van der Waals surface area contributed by atoms with E-state index in [1.807, 2.05) is 11.4 Å². The van der Waals surface area contributed by atoms with Crippen molar-refractivity contribution in [2.75, 3.05) is 6.54 Å². The molecular formula is C14H20N2O3S. The van der Waals surface area contributed by atoms with E-state index in [1.165, 1.54) is 24.2 Å². The van der Waals surface area contributed by atoms with Crippen LogP contribution in [0.1, 0.15) is 48.2 Å². The molecule has 0 unspecified atom stereocenters. The predicted molar refractivity (Wildman–Crippen MR) is 77.4 cm³/mol. The van der Waals surface area contributed by atoms with Gasteiger partial charge < -0.3 is 5.32 Å². The molecule has 0 saturated heterocycles. The number of amides is 2. The maximum absolute atomic E-state index is 11.6. The van der Waals surface area contributed by atoms with E-state index >= 15 is 0 Å². The average molecular weight is 296 g/mol. The van der Waals surface area contributed by atoms with Gasteiger partial charge in [-0.05, 0) is 30.7 Å². The van der Waals surface area contributed by atoms with Gasteiger partial charge in [0.25, 0.3) is 5.91 Å². The summed E-state index contributed by atoms with van der Waals surface area (Å²) in [6.45, 7) is 0.494. The standard InChI is InChI=1S/C14H20N2O3S/c17-13(16-19-11-5-1-2-6-11)8-3-9-15-14(18)12-7-4-10-20-12/h4,7,10-11H,1-3,5-6,8-9H2,(H,15,18)(H,16,17). The van der Waals surface area contributed by atoms with Gasteiger partial charge in [0, 0.05) is 13.0 Å². The molecule has 1 heterocycles. The minimum absolute atomic E-state index is 0.0809. The molecule has 0 aliphatic heterocycles. The summed E-state index contributed by atoms with van der Waals surface area (Å²) in [4.78, 5) is 29.2. The van der Waals surface area contributed by atoms with Crippen molar-refractivity contribution in [3.8, 4) is 0 Å². The van der Waals surface area contributed by atoms with Crippen LogP contribution >= 0.6 is 11.3 Å². The molecule has 1 aromatic rings. The average Bonchev–Trinajstić information content (AvgIpc) is 3.13. The van der Waals surface area contributed by atoms with Gasteiger partial charge in [-0.2, -0.15) is 0 Å². The van der Waals surface area contributed by atoms with Crippen LogP contribution in [-0.4, -0.2) is 24.5 Å². The van der Waals surface area contributed by atoms with Gasteiger partial charge >= 0.3 is 0 Å². The van der Waals surface area contributed by atoms with Gasteiger partial charge in [0.2, 0.25) is 5.91 Å². The van der Waals surface area contributed by atoms with Crippen LogP contribution in [0.3, 0.4) is 0 Å². The van der Waals surface area contributed by atoms with E-state index in [9.17, 15) is 9.59 Å². The van der Waals surface area contributed by atoms with Crippen LogP contribution in [0.2, 0.25) is 0 Å². The second-order valence-corrected chi connectivity index (χ2v) is 5.83. The first-order valence-corrected chi connectivity index (χ1v) is 7.90. The second-order valence-electron chi connectivity index (χ2n) is 4.89. The van der Waals surface area contributed by atoms with E-state index in [2.05, 4.69) is 10.8 Å². The summed E-state index contributed by atoms with van der Waals surface area (Å²) in [7, 11) is 0. The summed E-state index contributed by atoms with van der Waals surface area (Å²) in [6, 6.07) is 3.62. The van der Waals surface area contributed by atoms with Gasteiger partial charge in [0.1, 0.15) is 0 Å². The lowest BCUT2D eigenvalue weighted by Crippen LogP contribution is -2.29. The molecule has 0 spiro atoms. The van der Waals surface area contributed by atoms with Gasteiger partial charge in [0.15, 0.2) is 0 Å². The predicted octanol–water partition coefficient (Wildman–Crippen LogP) is 2.25. The largest absolute Gasteiger partial charge is 0.351 e. The highest BCUT2D eigenvalue weighted by Gasteiger charge is 2.16. The van der Waals surface area contributed by atoms with Crippen molar-refractivity contribution in [3.63, 3.8) is 0 Å². The molecule has 0 radical (unpaired) electrons. The van der Waals surface area contributed by atoms with Gasteiger partial charge in [-0.3, -0.25) is 14.4 Å². The van der Waals surface area contributed by atoms with Crippen LogP contribution in [0.4, 0.5) is 0 Å². The summed E-state index contributed by atoms with van der Waals surface area (Å²) in [5, 5.41) is 4.65. The lowest BCUT2D eigenvalue weighted by atomic mass is 10.3. The molecule has 110 valence electrons.